The second-order valence-electron chi connectivity index (χ2n) is 16.8. The van der Waals surface area contributed by atoms with E-state index in [1.54, 1.807) is 0 Å². The van der Waals surface area contributed by atoms with Crippen LogP contribution in [0.1, 0.15) is 32.1 Å². The van der Waals surface area contributed by atoms with Crippen LogP contribution in [-0.2, 0) is 72.2 Å². The minimum absolute atomic E-state index is 0.0323. The number of imidazole rings is 1. The van der Waals surface area contributed by atoms with Crippen LogP contribution >= 0.6 is 11.8 Å². The lowest BCUT2D eigenvalue weighted by Crippen LogP contribution is -2.46. The van der Waals surface area contributed by atoms with Crippen molar-refractivity contribution < 1.29 is 81.4 Å². The van der Waals surface area contributed by atoms with Crippen molar-refractivity contribution >= 4 is 46.6 Å². The first-order valence-corrected chi connectivity index (χ1v) is 25.8. The van der Waals surface area contributed by atoms with E-state index in [2.05, 4.69) is 36.2 Å². The van der Waals surface area contributed by atoms with Crippen LogP contribution in [0.4, 0.5) is 10.6 Å². The Kier molecular flexibility index (Phi) is 29.2. The number of nitrogens with one attached hydrogen (secondary N) is 4. The molecule has 26 nitrogen and oxygen atoms in total. The van der Waals surface area contributed by atoms with Gasteiger partial charge in [0.1, 0.15) is 24.6 Å². The van der Waals surface area contributed by atoms with Gasteiger partial charge in [-0.25, -0.2) is 19.7 Å². The summed E-state index contributed by atoms with van der Waals surface area (Å²) in [5.74, 6) is 0.824. The highest BCUT2D eigenvalue weighted by Gasteiger charge is 2.50. The monoisotopic (exact) mass is 1050 g/mol. The number of fused-ring (bicyclic) bond motifs is 2. The lowest BCUT2D eigenvalue weighted by atomic mass is 10.0. The van der Waals surface area contributed by atoms with Crippen molar-refractivity contribution in [3.63, 3.8) is 0 Å². The molecule has 3 aliphatic rings. The zero-order valence-corrected chi connectivity index (χ0v) is 42.1. The predicted molar refractivity (Wildman–Crippen MR) is 259 cm³/mol. The van der Waals surface area contributed by atoms with Gasteiger partial charge in [-0.05, 0) is 19.3 Å². The van der Waals surface area contributed by atoms with Gasteiger partial charge < -0.3 is 94.1 Å². The SMILES string of the molecule is Nc1ncnc2c1ncn2[C@]1(O)COC(CCOCC(=O)NCCOCCOCCOCCOCCOCCOCCOCCOCCOCCOCCNC(=O)CCCCC2SC[C@@H]3NC(=O)N[C@H]23)[C@H]1O. The number of unbranched alkanes of at least 4 members (excludes halogenated alkanes) is 1. The quantitative estimate of drug-likeness (QED) is 0.0289. The number of amides is 4. The van der Waals surface area contributed by atoms with E-state index in [-0.39, 0.29) is 67.6 Å². The summed E-state index contributed by atoms with van der Waals surface area (Å²) >= 11 is 1.89. The number of urea groups is 1. The van der Waals surface area contributed by atoms with Gasteiger partial charge in [0.25, 0.3) is 0 Å². The molecule has 2 aromatic heterocycles. The van der Waals surface area contributed by atoms with Gasteiger partial charge >= 0.3 is 6.03 Å². The minimum atomic E-state index is -1.80. The second kappa shape index (κ2) is 35.5. The summed E-state index contributed by atoms with van der Waals surface area (Å²) in [5.41, 5.74) is 4.60. The number of nitrogens with zero attached hydrogens (tertiary/aromatic N) is 4. The van der Waals surface area contributed by atoms with Crippen LogP contribution in [0.25, 0.3) is 11.2 Å². The van der Waals surface area contributed by atoms with Gasteiger partial charge in [0.15, 0.2) is 17.2 Å². The third-order valence-corrected chi connectivity index (χ3v) is 13.0. The Labute approximate surface area is 424 Å². The van der Waals surface area contributed by atoms with E-state index in [1.807, 2.05) is 11.8 Å². The summed E-state index contributed by atoms with van der Waals surface area (Å²) in [6.45, 7) is 9.23. The Morgan fingerprint density at radius 2 is 1.21 bits per heavy atom. The van der Waals surface area contributed by atoms with E-state index in [1.165, 1.54) is 17.2 Å². The summed E-state index contributed by atoms with van der Waals surface area (Å²) in [5, 5.41) is 34.0. The molecular weight excluding hydrogens is 971 g/mol. The van der Waals surface area contributed by atoms with Crippen LogP contribution in [0, 0.1) is 0 Å². The molecule has 0 bridgehead atoms. The molecule has 6 atom stereocenters. The van der Waals surface area contributed by atoms with E-state index in [4.69, 9.17) is 62.6 Å². The molecule has 4 amide bonds. The molecule has 3 saturated heterocycles. The fraction of sp³-hybridized carbons (Fsp3) is 0.822. The molecule has 0 aliphatic carbocycles. The highest BCUT2D eigenvalue weighted by molar-refractivity contribution is 8.00. The number of thioether (sulfide) groups is 1. The van der Waals surface area contributed by atoms with Crippen molar-refractivity contribution in [3.8, 4) is 0 Å². The van der Waals surface area contributed by atoms with E-state index in [0.717, 1.165) is 25.0 Å². The average molecular weight is 1050 g/mol. The van der Waals surface area contributed by atoms with E-state index in [9.17, 15) is 24.6 Å². The lowest BCUT2D eigenvalue weighted by Gasteiger charge is -2.27. The fourth-order valence-electron chi connectivity index (χ4n) is 7.68. The van der Waals surface area contributed by atoms with Gasteiger partial charge in [-0.15, -0.1) is 0 Å². The molecule has 3 aliphatic heterocycles. The topological polar surface area (TPSA) is 320 Å². The van der Waals surface area contributed by atoms with Crippen molar-refractivity contribution in [3.05, 3.63) is 12.7 Å². The van der Waals surface area contributed by atoms with Crippen LogP contribution in [0.5, 0.6) is 0 Å². The van der Waals surface area contributed by atoms with Crippen LogP contribution in [0.2, 0.25) is 0 Å². The van der Waals surface area contributed by atoms with E-state index >= 15 is 0 Å². The van der Waals surface area contributed by atoms with Gasteiger partial charge in [-0.2, -0.15) is 11.8 Å². The summed E-state index contributed by atoms with van der Waals surface area (Å²) in [7, 11) is 0. The Balaban J connectivity index is 0.654. The molecule has 0 saturated carbocycles. The van der Waals surface area contributed by atoms with Crippen LogP contribution in [-0.4, -0.2) is 248 Å². The van der Waals surface area contributed by atoms with Gasteiger partial charge in [0, 0.05) is 37.1 Å². The lowest BCUT2D eigenvalue weighted by molar-refractivity contribution is -0.126. The van der Waals surface area contributed by atoms with Crippen molar-refractivity contribution in [1.29, 1.82) is 0 Å². The van der Waals surface area contributed by atoms with Crippen LogP contribution in [0.15, 0.2) is 12.7 Å². The first-order chi connectivity index (χ1) is 35.3. The van der Waals surface area contributed by atoms with Crippen molar-refractivity contribution in [1.82, 2.24) is 40.8 Å². The number of hydrogen-bond acceptors (Lipinski definition) is 22. The molecule has 2 aromatic rings. The summed E-state index contributed by atoms with van der Waals surface area (Å²) in [4.78, 5) is 47.8. The normalized spacial score (nSPS) is 21.6. The maximum absolute atomic E-state index is 12.1. The number of hydrogen-bond donors (Lipinski definition) is 7. The summed E-state index contributed by atoms with van der Waals surface area (Å²) in [6, 6.07) is 0.378. The smallest absolute Gasteiger partial charge is 0.315 e. The number of aliphatic hydroxyl groups is 2. The van der Waals surface area contributed by atoms with Crippen LogP contribution < -0.4 is 27.0 Å². The molecule has 72 heavy (non-hydrogen) atoms. The Hall–Kier alpha value is -3.65. The number of nitrogen functional groups attached to an aromatic ring is 1. The van der Waals surface area contributed by atoms with Crippen molar-refractivity contribution in [2.24, 2.45) is 0 Å². The highest BCUT2D eigenvalue weighted by atomic mass is 32.2. The number of anilines is 1. The zero-order chi connectivity index (χ0) is 50.9. The fourth-order valence-corrected chi connectivity index (χ4v) is 9.22. The Morgan fingerprint density at radius 3 is 1.75 bits per heavy atom. The molecule has 2 unspecified atom stereocenters. The Bertz CT molecular complexity index is 1810. The third-order valence-electron chi connectivity index (χ3n) is 11.5. The first kappa shape index (κ1) is 59.2. The number of carbonyl (C=O) groups excluding carboxylic acids is 3. The maximum Gasteiger partial charge on any atom is 0.315 e. The van der Waals surface area contributed by atoms with Crippen LogP contribution in [0.3, 0.4) is 0 Å². The van der Waals surface area contributed by atoms with Crippen molar-refractivity contribution in [2.45, 2.75) is 67.4 Å². The minimum Gasteiger partial charge on any atom is -0.385 e. The standard InChI is InChI=1S/C45H77N9O17S/c46-42-40-43(50-32-49-42)54(33-51-40)45(59)31-71-35(41(45)57)5-8-70-29-38(56)48-7-10-61-12-14-63-16-18-65-20-22-67-24-26-69-28-27-68-25-23-66-21-19-64-17-15-62-13-11-60-9-6-47-37(55)4-2-1-3-36-39-34(30-72-36)52-44(58)53-39/h32-36,39,41,57,59H,1-31H2,(H,47,55)(H,48,56)(H2,46,49,50)(H2,52,53,58)/t34-,35?,36?,39-,41+,45-/m0/s1. The van der Waals surface area contributed by atoms with Gasteiger partial charge in [0.2, 0.25) is 11.8 Å². The molecule has 27 heteroatoms. The highest BCUT2D eigenvalue weighted by Crippen LogP contribution is 2.34. The van der Waals surface area contributed by atoms with Gasteiger partial charge in [0.05, 0.1) is 163 Å². The Morgan fingerprint density at radius 1 is 0.694 bits per heavy atom. The van der Waals surface area contributed by atoms with Gasteiger partial charge in [-0.1, -0.05) is 6.42 Å². The number of aliphatic hydroxyl groups excluding tert-OH is 1. The molecule has 8 N–H and O–H groups in total. The zero-order valence-electron chi connectivity index (χ0n) is 41.3. The maximum atomic E-state index is 12.1. The number of aromatic nitrogens is 4. The second-order valence-corrected chi connectivity index (χ2v) is 18.0. The van der Waals surface area contributed by atoms with E-state index < -0.39 is 17.9 Å². The summed E-state index contributed by atoms with van der Waals surface area (Å²) in [6.07, 6.45) is 4.08. The first-order valence-electron chi connectivity index (χ1n) is 24.8. The average Bonchev–Trinajstić information content (AvgIpc) is 4.15. The summed E-state index contributed by atoms with van der Waals surface area (Å²) < 4.78 is 67.4. The third kappa shape index (κ3) is 22.1. The number of nitrogens with two attached hydrogens (primary N) is 1. The molecule has 3 fully saturated rings. The molecule has 0 radical (unpaired) electrons. The number of ether oxygens (including phenoxy) is 12. The van der Waals surface area contributed by atoms with Crippen molar-refractivity contribution in [2.75, 3.05) is 177 Å². The number of rotatable bonds is 44. The number of carbonyl (C=O) groups is 3. The van der Waals surface area contributed by atoms with E-state index in [0.29, 0.717) is 162 Å². The molecule has 410 valence electrons. The predicted octanol–water partition coefficient (Wildman–Crippen LogP) is -1.66. The molecule has 5 rings (SSSR count). The largest absolute Gasteiger partial charge is 0.385 e. The molecule has 0 aromatic carbocycles. The molecule has 0 spiro atoms. The molecular formula is C45H77N9O17S. The van der Waals surface area contributed by atoms with Gasteiger partial charge in [-0.3, -0.25) is 14.2 Å². The molecule has 5 heterocycles.